The summed E-state index contributed by atoms with van der Waals surface area (Å²) in [4.78, 5) is 21.5. The van der Waals surface area contributed by atoms with Crippen molar-refractivity contribution in [3.05, 3.63) is 113 Å². The number of nitrogens with zero attached hydrogens (tertiary/aromatic N) is 4. The molecule has 2 heterocycles. The molecule has 0 fully saturated rings. The molecule has 4 aromatic rings. The summed E-state index contributed by atoms with van der Waals surface area (Å²) in [7, 11) is 0. The van der Waals surface area contributed by atoms with E-state index in [2.05, 4.69) is 22.4 Å². The molecule has 0 bridgehead atoms. The molecule has 0 aliphatic heterocycles. The first-order chi connectivity index (χ1) is 17.1. The van der Waals surface area contributed by atoms with Gasteiger partial charge >= 0.3 is 0 Å². The molecule has 0 aliphatic rings. The molecular weight excluding hydrogens is 436 g/mol. The molecule has 1 amide bonds. The fourth-order valence-electron chi connectivity index (χ4n) is 4.01. The number of nitrogens with one attached hydrogen (secondary N) is 1. The van der Waals surface area contributed by atoms with Gasteiger partial charge in [-0.3, -0.25) is 9.78 Å². The van der Waals surface area contributed by atoms with Gasteiger partial charge in [0.05, 0.1) is 34.9 Å². The van der Waals surface area contributed by atoms with Crippen LogP contribution in [0.25, 0.3) is 11.3 Å². The van der Waals surface area contributed by atoms with Crippen molar-refractivity contribution in [3.63, 3.8) is 0 Å². The minimum Gasteiger partial charge on any atom is -0.369 e. The summed E-state index contributed by atoms with van der Waals surface area (Å²) in [5.74, 6) is -0.800. The second kappa shape index (κ2) is 10.7. The van der Waals surface area contributed by atoms with Crippen molar-refractivity contribution in [1.29, 1.82) is 10.5 Å². The Morgan fingerprint density at radius 3 is 2.40 bits per heavy atom. The summed E-state index contributed by atoms with van der Waals surface area (Å²) in [5, 5.41) is 22.3. The topological polar surface area (TPSA) is 128 Å². The van der Waals surface area contributed by atoms with E-state index in [1.807, 2.05) is 36.4 Å². The second-order valence-electron chi connectivity index (χ2n) is 7.86. The highest BCUT2D eigenvalue weighted by atomic mass is 16.1. The van der Waals surface area contributed by atoms with E-state index < -0.39 is 11.8 Å². The van der Waals surface area contributed by atoms with Gasteiger partial charge in [-0.25, -0.2) is 4.98 Å². The summed E-state index contributed by atoms with van der Waals surface area (Å²) in [6.07, 6.45) is 3.83. The van der Waals surface area contributed by atoms with Gasteiger partial charge in [0.1, 0.15) is 5.82 Å². The Morgan fingerprint density at radius 2 is 1.69 bits per heavy atom. The normalized spacial score (nSPS) is 11.1. The molecule has 3 N–H and O–H groups in total. The monoisotopic (exact) mass is 458 g/mol. The van der Waals surface area contributed by atoms with Crippen molar-refractivity contribution in [1.82, 2.24) is 9.97 Å². The van der Waals surface area contributed by atoms with Gasteiger partial charge in [-0.15, -0.1) is 0 Å². The van der Waals surface area contributed by atoms with Crippen LogP contribution < -0.4 is 11.1 Å². The Hall–Kier alpha value is -5.01. The summed E-state index contributed by atoms with van der Waals surface area (Å²) in [5.41, 5.74) is 10.4. The van der Waals surface area contributed by atoms with Gasteiger partial charge in [0, 0.05) is 30.1 Å². The lowest BCUT2D eigenvalue weighted by molar-refractivity contribution is -0.118. The molecule has 0 radical (unpaired) electrons. The average Bonchev–Trinajstić information content (AvgIpc) is 2.90. The SMILES string of the molecule is N#Cc1ccccc1CCNc1nc(-c2ccccc2C#N)ccc1C(C(N)=O)c1cccnc1. The Bertz CT molecular complexity index is 1440. The molecule has 0 saturated heterocycles. The van der Waals surface area contributed by atoms with Gasteiger partial charge in [0.25, 0.3) is 0 Å². The van der Waals surface area contributed by atoms with Gasteiger partial charge < -0.3 is 11.1 Å². The molecule has 0 saturated carbocycles. The minimum absolute atomic E-state index is 0.473. The molecule has 35 heavy (non-hydrogen) atoms. The lowest BCUT2D eigenvalue weighted by Crippen LogP contribution is -2.24. The van der Waals surface area contributed by atoms with E-state index in [9.17, 15) is 15.3 Å². The maximum atomic E-state index is 12.5. The van der Waals surface area contributed by atoms with Crippen LogP contribution in [-0.4, -0.2) is 22.4 Å². The van der Waals surface area contributed by atoms with E-state index in [1.54, 1.807) is 48.8 Å². The van der Waals surface area contributed by atoms with E-state index in [0.717, 1.165) is 5.56 Å². The fourth-order valence-corrected chi connectivity index (χ4v) is 4.01. The molecule has 2 aromatic carbocycles. The first kappa shape index (κ1) is 23.2. The Labute approximate surface area is 203 Å². The molecule has 0 aliphatic carbocycles. The number of nitriles is 2. The predicted octanol–water partition coefficient (Wildman–Crippen LogP) is 4.16. The number of anilines is 1. The van der Waals surface area contributed by atoms with Crippen molar-refractivity contribution >= 4 is 11.7 Å². The van der Waals surface area contributed by atoms with Crippen LogP contribution in [0.5, 0.6) is 0 Å². The van der Waals surface area contributed by atoms with E-state index in [-0.39, 0.29) is 0 Å². The van der Waals surface area contributed by atoms with Crippen LogP contribution in [-0.2, 0) is 11.2 Å². The maximum Gasteiger partial charge on any atom is 0.229 e. The largest absolute Gasteiger partial charge is 0.369 e. The Kier molecular flexibility index (Phi) is 7.11. The van der Waals surface area contributed by atoms with Crippen LogP contribution in [0.3, 0.4) is 0 Å². The zero-order valence-electron chi connectivity index (χ0n) is 18.8. The van der Waals surface area contributed by atoms with Crippen LogP contribution in [0.1, 0.15) is 33.7 Å². The quantitative estimate of drug-likeness (QED) is 0.408. The number of amides is 1. The number of carbonyl (C=O) groups excluding carboxylic acids is 1. The van der Waals surface area contributed by atoms with Crippen molar-refractivity contribution in [3.8, 4) is 23.4 Å². The lowest BCUT2D eigenvalue weighted by atomic mass is 9.91. The number of aromatic nitrogens is 2. The molecule has 0 spiro atoms. The third kappa shape index (κ3) is 5.16. The van der Waals surface area contributed by atoms with Crippen molar-refractivity contribution in [2.45, 2.75) is 12.3 Å². The van der Waals surface area contributed by atoms with Gasteiger partial charge in [-0.1, -0.05) is 48.5 Å². The van der Waals surface area contributed by atoms with Gasteiger partial charge in [-0.2, -0.15) is 10.5 Å². The number of benzene rings is 2. The van der Waals surface area contributed by atoms with Gasteiger partial charge in [0.15, 0.2) is 0 Å². The predicted molar refractivity (Wildman–Crippen MR) is 133 cm³/mol. The Balaban J connectivity index is 1.75. The standard InChI is InChI=1S/C28H22N6O/c29-16-20-7-2-1-6-19(20)13-15-33-28-24(26(27(31)35)22-9-5-14-32-18-22)11-12-25(34-28)23-10-4-3-8-21(23)17-30/h1-12,14,18,26H,13,15H2,(H2,31,35)(H,33,34). The maximum absolute atomic E-state index is 12.5. The van der Waals surface area contributed by atoms with Crippen molar-refractivity contribution in [2.24, 2.45) is 5.73 Å². The average molecular weight is 459 g/mol. The van der Waals surface area contributed by atoms with Crippen molar-refractivity contribution in [2.75, 3.05) is 11.9 Å². The van der Waals surface area contributed by atoms with Crippen molar-refractivity contribution < 1.29 is 4.79 Å². The van der Waals surface area contributed by atoms with Crippen LogP contribution in [0, 0.1) is 22.7 Å². The fraction of sp³-hybridized carbons (Fsp3) is 0.107. The molecule has 1 atom stereocenters. The first-order valence-electron chi connectivity index (χ1n) is 11.0. The highest BCUT2D eigenvalue weighted by molar-refractivity contribution is 5.87. The zero-order chi connectivity index (χ0) is 24.6. The molecule has 7 heteroatoms. The first-order valence-corrected chi connectivity index (χ1v) is 11.0. The molecule has 1 unspecified atom stereocenters. The number of nitrogens with two attached hydrogens (primary N) is 1. The molecule has 170 valence electrons. The summed E-state index contributed by atoms with van der Waals surface area (Å²) < 4.78 is 0. The summed E-state index contributed by atoms with van der Waals surface area (Å²) in [6.45, 7) is 0.473. The third-order valence-electron chi connectivity index (χ3n) is 5.69. The van der Waals surface area contributed by atoms with E-state index >= 15 is 0 Å². The summed E-state index contributed by atoms with van der Waals surface area (Å²) in [6, 6.07) is 26.2. The summed E-state index contributed by atoms with van der Waals surface area (Å²) >= 11 is 0. The lowest BCUT2D eigenvalue weighted by Gasteiger charge is -2.19. The van der Waals surface area contributed by atoms with Crippen LogP contribution in [0.15, 0.2) is 85.2 Å². The number of pyridine rings is 2. The number of rotatable bonds is 8. The van der Waals surface area contributed by atoms with Gasteiger partial charge in [-0.05, 0) is 41.8 Å². The number of carbonyl (C=O) groups is 1. The van der Waals surface area contributed by atoms with Crippen LogP contribution in [0.2, 0.25) is 0 Å². The molecule has 4 rings (SSSR count). The number of primary amides is 1. The zero-order valence-corrected chi connectivity index (χ0v) is 18.8. The molecular formula is C28H22N6O. The van der Waals surface area contributed by atoms with E-state index in [1.165, 1.54) is 0 Å². The minimum atomic E-state index is -0.759. The molecule has 7 nitrogen and oxygen atoms in total. The Morgan fingerprint density at radius 1 is 0.943 bits per heavy atom. The van der Waals surface area contributed by atoms with Gasteiger partial charge in [0.2, 0.25) is 5.91 Å². The van der Waals surface area contributed by atoms with E-state index in [4.69, 9.17) is 10.7 Å². The van der Waals surface area contributed by atoms with Crippen LogP contribution >= 0.6 is 0 Å². The number of hydrogen-bond acceptors (Lipinski definition) is 6. The third-order valence-corrected chi connectivity index (χ3v) is 5.69. The number of hydrogen-bond donors (Lipinski definition) is 2. The smallest absolute Gasteiger partial charge is 0.229 e. The van der Waals surface area contributed by atoms with Crippen LogP contribution in [0.4, 0.5) is 5.82 Å². The highest BCUT2D eigenvalue weighted by Gasteiger charge is 2.25. The second-order valence-corrected chi connectivity index (χ2v) is 7.86. The molecule has 2 aromatic heterocycles. The highest BCUT2D eigenvalue weighted by Crippen LogP contribution is 2.32. The van der Waals surface area contributed by atoms with E-state index in [0.29, 0.717) is 52.3 Å².